The first kappa shape index (κ1) is 14.0. The van der Waals surface area contributed by atoms with E-state index >= 15 is 0 Å². The molecule has 96 valence electrons. The summed E-state index contributed by atoms with van der Waals surface area (Å²) >= 11 is 0. The van der Waals surface area contributed by atoms with E-state index < -0.39 is 9.84 Å². The summed E-state index contributed by atoms with van der Waals surface area (Å²) in [5.74, 6) is -0.0158. The van der Waals surface area contributed by atoms with E-state index in [1.807, 2.05) is 24.9 Å². The van der Waals surface area contributed by atoms with Crippen molar-refractivity contribution in [2.24, 2.45) is 0 Å². The maximum absolute atomic E-state index is 12.1. The van der Waals surface area contributed by atoms with Crippen LogP contribution in [0.4, 0.5) is 5.69 Å². The molecule has 0 unspecified atom stereocenters. The smallest absolute Gasteiger partial charge is 0.180 e. The van der Waals surface area contributed by atoms with Gasteiger partial charge in [0.1, 0.15) is 0 Å². The molecule has 0 aliphatic rings. The van der Waals surface area contributed by atoms with E-state index in [0.717, 1.165) is 6.54 Å². The average molecular weight is 257 g/mol. The second-order valence-electron chi connectivity index (χ2n) is 3.88. The van der Waals surface area contributed by atoms with Crippen LogP contribution < -0.4 is 4.90 Å². The summed E-state index contributed by atoms with van der Waals surface area (Å²) < 4.78 is 24.2. The molecule has 0 saturated heterocycles. The first-order valence-corrected chi connectivity index (χ1v) is 7.32. The Morgan fingerprint density at radius 1 is 1.29 bits per heavy atom. The quantitative estimate of drug-likeness (QED) is 0.834. The number of rotatable bonds is 6. The van der Waals surface area contributed by atoms with Crippen LogP contribution in [0.2, 0.25) is 0 Å². The Hall–Kier alpha value is -1.07. The van der Waals surface area contributed by atoms with Crippen LogP contribution >= 0.6 is 0 Å². The van der Waals surface area contributed by atoms with Gasteiger partial charge in [0.25, 0.3) is 0 Å². The summed E-state index contributed by atoms with van der Waals surface area (Å²) in [5, 5.41) is 8.73. The lowest BCUT2D eigenvalue weighted by molar-refractivity contribution is 0.295. The van der Waals surface area contributed by atoms with Gasteiger partial charge in [0.05, 0.1) is 16.3 Å². The van der Waals surface area contributed by atoms with Crippen molar-refractivity contribution >= 4 is 15.5 Å². The molecule has 17 heavy (non-hydrogen) atoms. The van der Waals surface area contributed by atoms with E-state index in [1.54, 1.807) is 18.2 Å². The third-order valence-electron chi connectivity index (χ3n) is 2.66. The van der Waals surface area contributed by atoms with Gasteiger partial charge >= 0.3 is 0 Å². The molecule has 1 aromatic carbocycles. The van der Waals surface area contributed by atoms with Crippen molar-refractivity contribution in [2.45, 2.75) is 18.2 Å². The Morgan fingerprint density at radius 2 is 1.94 bits per heavy atom. The second kappa shape index (κ2) is 6.02. The zero-order valence-electron chi connectivity index (χ0n) is 10.3. The molecule has 0 radical (unpaired) electrons. The molecule has 1 N–H and O–H groups in total. The largest absolute Gasteiger partial charge is 0.396 e. The number of anilines is 1. The number of benzene rings is 1. The monoisotopic (exact) mass is 257 g/mol. The Bertz CT molecular complexity index is 457. The number of aliphatic hydroxyl groups excluding tert-OH is 1. The van der Waals surface area contributed by atoms with Gasteiger partial charge in [-0.2, -0.15) is 0 Å². The fourth-order valence-corrected chi connectivity index (χ4v) is 3.13. The van der Waals surface area contributed by atoms with Crippen molar-refractivity contribution in [1.82, 2.24) is 0 Å². The van der Waals surface area contributed by atoms with E-state index in [4.69, 9.17) is 5.11 Å². The van der Waals surface area contributed by atoms with Crippen LogP contribution in [0, 0.1) is 0 Å². The van der Waals surface area contributed by atoms with Crippen LogP contribution in [-0.4, -0.2) is 39.5 Å². The minimum absolute atomic E-state index is 0.0158. The molecule has 0 atom stereocenters. The number of para-hydroxylation sites is 1. The first-order chi connectivity index (χ1) is 8.03. The number of nitrogens with zero attached hydrogens (tertiary/aromatic N) is 1. The third-order valence-corrected chi connectivity index (χ3v) is 4.50. The van der Waals surface area contributed by atoms with Gasteiger partial charge in [-0.15, -0.1) is 0 Å². The number of aliphatic hydroxyl groups is 1. The number of sulfone groups is 1. The second-order valence-corrected chi connectivity index (χ2v) is 5.96. The van der Waals surface area contributed by atoms with Crippen molar-refractivity contribution in [3.63, 3.8) is 0 Å². The molecule has 0 heterocycles. The summed E-state index contributed by atoms with van der Waals surface area (Å²) in [5.41, 5.74) is 0.716. The van der Waals surface area contributed by atoms with Gasteiger partial charge in [-0.3, -0.25) is 0 Å². The van der Waals surface area contributed by atoms with Crippen molar-refractivity contribution in [3.8, 4) is 0 Å². The van der Waals surface area contributed by atoms with Crippen LogP contribution in [0.15, 0.2) is 29.2 Å². The summed E-state index contributed by atoms with van der Waals surface area (Å²) in [6, 6.07) is 6.97. The predicted molar refractivity (Wildman–Crippen MR) is 69.1 cm³/mol. The maximum atomic E-state index is 12.1. The zero-order valence-corrected chi connectivity index (χ0v) is 11.1. The highest BCUT2D eigenvalue weighted by Crippen LogP contribution is 2.25. The van der Waals surface area contributed by atoms with E-state index in [-0.39, 0.29) is 18.8 Å². The average Bonchev–Trinajstić information content (AvgIpc) is 2.35. The highest BCUT2D eigenvalue weighted by Gasteiger charge is 2.19. The van der Waals surface area contributed by atoms with Crippen LogP contribution in [0.1, 0.15) is 13.3 Å². The normalized spacial score (nSPS) is 11.5. The summed E-state index contributed by atoms with van der Waals surface area (Å²) in [7, 11) is -1.45. The van der Waals surface area contributed by atoms with Gasteiger partial charge < -0.3 is 10.0 Å². The van der Waals surface area contributed by atoms with Gasteiger partial charge in [0.2, 0.25) is 0 Å². The molecule has 1 rings (SSSR count). The van der Waals surface area contributed by atoms with Gasteiger partial charge in [-0.1, -0.05) is 12.1 Å². The Labute approximate surface area is 103 Å². The lowest BCUT2D eigenvalue weighted by atomic mass is 10.3. The van der Waals surface area contributed by atoms with Gasteiger partial charge in [0, 0.05) is 20.2 Å². The van der Waals surface area contributed by atoms with E-state index in [9.17, 15) is 8.42 Å². The predicted octanol–water partition coefficient (Wildman–Crippen LogP) is 1.30. The Morgan fingerprint density at radius 3 is 2.53 bits per heavy atom. The fourth-order valence-electron chi connectivity index (χ4n) is 1.57. The first-order valence-electron chi connectivity index (χ1n) is 5.66. The molecular weight excluding hydrogens is 238 g/mol. The minimum atomic E-state index is -3.31. The summed E-state index contributed by atoms with van der Waals surface area (Å²) in [6.45, 7) is 2.61. The molecule has 0 saturated carbocycles. The standard InChI is InChI=1S/C12H19NO3S/c1-3-13(2)11-7-4-5-8-12(11)17(15,16)10-6-9-14/h4-5,7-8,14H,3,6,9-10H2,1-2H3. The molecule has 1 aromatic rings. The minimum Gasteiger partial charge on any atom is -0.396 e. The van der Waals surface area contributed by atoms with Crippen molar-refractivity contribution in [3.05, 3.63) is 24.3 Å². The highest BCUT2D eigenvalue weighted by atomic mass is 32.2. The molecule has 0 aromatic heterocycles. The lowest BCUT2D eigenvalue weighted by Crippen LogP contribution is -2.20. The van der Waals surface area contributed by atoms with E-state index in [2.05, 4.69) is 0 Å². The molecule has 0 aliphatic heterocycles. The molecule has 4 nitrogen and oxygen atoms in total. The summed E-state index contributed by atoms with van der Waals surface area (Å²) in [6.07, 6.45) is 0.270. The maximum Gasteiger partial charge on any atom is 0.180 e. The molecule has 0 amide bonds. The highest BCUT2D eigenvalue weighted by molar-refractivity contribution is 7.91. The fraction of sp³-hybridized carbons (Fsp3) is 0.500. The molecule has 0 bridgehead atoms. The van der Waals surface area contributed by atoms with Crippen LogP contribution in [0.5, 0.6) is 0 Å². The molecule has 0 fully saturated rings. The molecular formula is C12H19NO3S. The third kappa shape index (κ3) is 3.44. The lowest BCUT2D eigenvalue weighted by Gasteiger charge is -2.20. The number of hydrogen-bond acceptors (Lipinski definition) is 4. The number of hydrogen-bond donors (Lipinski definition) is 1. The topological polar surface area (TPSA) is 57.6 Å². The zero-order chi connectivity index (χ0) is 12.9. The van der Waals surface area contributed by atoms with Crippen molar-refractivity contribution < 1.29 is 13.5 Å². The molecule has 0 aliphatic carbocycles. The van der Waals surface area contributed by atoms with Crippen LogP contribution in [-0.2, 0) is 9.84 Å². The Balaban J connectivity index is 3.13. The van der Waals surface area contributed by atoms with Crippen molar-refractivity contribution in [1.29, 1.82) is 0 Å². The van der Waals surface area contributed by atoms with Crippen molar-refractivity contribution in [2.75, 3.05) is 30.9 Å². The molecule has 5 heteroatoms. The van der Waals surface area contributed by atoms with Crippen LogP contribution in [0.25, 0.3) is 0 Å². The Kier molecular flexibility index (Phi) is 4.96. The summed E-state index contributed by atoms with van der Waals surface area (Å²) in [4.78, 5) is 2.24. The van der Waals surface area contributed by atoms with Gasteiger partial charge in [-0.05, 0) is 25.5 Å². The van der Waals surface area contributed by atoms with E-state index in [1.165, 1.54) is 0 Å². The van der Waals surface area contributed by atoms with Gasteiger partial charge in [-0.25, -0.2) is 8.42 Å². The SMILES string of the molecule is CCN(C)c1ccccc1S(=O)(=O)CCCO. The van der Waals surface area contributed by atoms with Gasteiger partial charge in [0.15, 0.2) is 9.84 Å². The molecule has 0 spiro atoms. The van der Waals surface area contributed by atoms with E-state index in [0.29, 0.717) is 10.6 Å². The van der Waals surface area contributed by atoms with Crippen LogP contribution in [0.3, 0.4) is 0 Å².